The standard InChI is InChI=1S/C14H20N2O2.ClH/c1-10(15)14(17)16-8-7-12(9-16)11-3-5-13(18-2)6-4-11;/h3-6,10,12H,7-9,15H2,1-2H3;1H/t10-,12?;/m1./s1. The molecule has 2 rings (SSSR count). The number of carbonyl (C=O) groups is 1. The first-order chi connectivity index (χ1) is 8.61. The van der Waals surface area contributed by atoms with Crippen LogP contribution in [0.3, 0.4) is 0 Å². The molecule has 4 nitrogen and oxygen atoms in total. The molecule has 19 heavy (non-hydrogen) atoms. The number of likely N-dealkylation sites (tertiary alicyclic amines) is 1. The van der Waals surface area contributed by atoms with Crippen molar-refractivity contribution in [2.45, 2.75) is 25.3 Å². The average Bonchev–Trinajstić information content (AvgIpc) is 2.87. The predicted octanol–water partition coefficient (Wildman–Crippen LogP) is 1.78. The lowest BCUT2D eigenvalue weighted by atomic mass is 9.98. The number of hydrogen-bond donors (Lipinski definition) is 1. The molecule has 2 atom stereocenters. The van der Waals surface area contributed by atoms with Crippen LogP contribution in [-0.2, 0) is 4.79 Å². The Labute approximate surface area is 120 Å². The monoisotopic (exact) mass is 284 g/mol. The zero-order valence-corrected chi connectivity index (χ0v) is 12.2. The third-order valence-corrected chi connectivity index (χ3v) is 3.48. The van der Waals surface area contributed by atoms with Crippen molar-refractivity contribution in [3.63, 3.8) is 0 Å². The summed E-state index contributed by atoms with van der Waals surface area (Å²) in [5, 5.41) is 0. The number of benzene rings is 1. The van der Waals surface area contributed by atoms with Crippen LogP contribution in [0.4, 0.5) is 0 Å². The van der Waals surface area contributed by atoms with Gasteiger partial charge in [-0.25, -0.2) is 0 Å². The molecule has 0 radical (unpaired) electrons. The van der Waals surface area contributed by atoms with E-state index in [1.807, 2.05) is 17.0 Å². The summed E-state index contributed by atoms with van der Waals surface area (Å²) in [5.74, 6) is 1.32. The van der Waals surface area contributed by atoms with Gasteiger partial charge in [-0.3, -0.25) is 4.79 Å². The maximum absolute atomic E-state index is 11.8. The Morgan fingerprint density at radius 1 is 1.42 bits per heavy atom. The second kappa shape index (κ2) is 6.78. The van der Waals surface area contributed by atoms with E-state index in [0.717, 1.165) is 25.3 Å². The van der Waals surface area contributed by atoms with Crippen molar-refractivity contribution >= 4 is 18.3 Å². The van der Waals surface area contributed by atoms with Crippen LogP contribution >= 0.6 is 12.4 Å². The van der Waals surface area contributed by atoms with Crippen LogP contribution < -0.4 is 10.5 Å². The maximum atomic E-state index is 11.8. The van der Waals surface area contributed by atoms with Crippen LogP contribution in [0, 0.1) is 0 Å². The summed E-state index contributed by atoms with van der Waals surface area (Å²) in [5.41, 5.74) is 6.89. The third-order valence-electron chi connectivity index (χ3n) is 3.48. The number of carbonyl (C=O) groups excluding carboxylic acids is 1. The molecular formula is C14H21ClN2O2. The van der Waals surface area contributed by atoms with Crippen molar-refractivity contribution in [3.05, 3.63) is 29.8 Å². The molecule has 0 bridgehead atoms. The predicted molar refractivity (Wildman–Crippen MR) is 77.8 cm³/mol. The molecule has 5 heteroatoms. The Bertz CT molecular complexity index is 420. The Morgan fingerprint density at radius 2 is 2.05 bits per heavy atom. The topological polar surface area (TPSA) is 55.6 Å². The number of ether oxygens (including phenoxy) is 1. The summed E-state index contributed by atoms with van der Waals surface area (Å²) in [6, 6.07) is 7.67. The summed E-state index contributed by atoms with van der Waals surface area (Å²) in [6.45, 7) is 3.31. The zero-order chi connectivity index (χ0) is 13.1. The van der Waals surface area contributed by atoms with Crippen molar-refractivity contribution < 1.29 is 9.53 Å². The molecule has 106 valence electrons. The SMILES string of the molecule is COc1ccc(C2CCN(C(=O)[C@@H](C)N)C2)cc1.Cl. The second-order valence-electron chi connectivity index (χ2n) is 4.83. The van der Waals surface area contributed by atoms with Gasteiger partial charge in [0.2, 0.25) is 5.91 Å². The van der Waals surface area contributed by atoms with E-state index < -0.39 is 6.04 Å². The van der Waals surface area contributed by atoms with E-state index >= 15 is 0 Å². The van der Waals surface area contributed by atoms with Gasteiger partial charge in [0.1, 0.15) is 5.75 Å². The fourth-order valence-corrected chi connectivity index (χ4v) is 2.40. The van der Waals surface area contributed by atoms with E-state index in [9.17, 15) is 4.79 Å². The van der Waals surface area contributed by atoms with Crippen molar-refractivity contribution in [3.8, 4) is 5.75 Å². The molecule has 1 aromatic rings. The molecule has 1 aromatic carbocycles. The summed E-state index contributed by atoms with van der Waals surface area (Å²) in [7, 11) is 1.66. The molecule has 1 fully saturated rings. The maximum Gasteiger partial charge on any atom is 0.239 e. The van der Waals surface area contributed by atoms with Gasteiger partial charge >= 0.3 is 0 Å². The van der Waals surface area contributed by atoms with Gasteiger partial charge in [0.05, 0.1) is 13.2 Å². The minimum atomic E-state index is -0.403. The quantitative estimate of drug-likeness (QED) is 0.920. The first-order valence-electron chi connectivity index (χ1n) is 6.30. The second-order valence-corrected chi connectivity index (χ2v) is 4.83. The summed E-state index contributed by atoms with van der Waals surface area (Å²) < 4.78 is 5.14. The largest absolute Gasteiger partial charge is 0.497 e. The van der Waals surface area contributed by atoms with Gasteiger partial charge in [-0.2, -0.15) is 0 Å². The smallest absolute Gasteiger partial charge is 0.239 e. The van der Waals surface area contributed by atoms with Gasteiger partial charge in [0, 0.05) is 19.0 Å². The number of halogens is 1. The molecule has 0 aliphatic carbocycles. The zero-order valence-electron chi connectivity index (χ0n) is 11.3. The van der Waals surface area contributed by atoms with E-state index in [1.165, 1.54) is 5.56 Å². The summed E-state index contributed by atoms with van der Waals surface area (Å²) >= 11 is 0. The molecule has 0 saturated carbocycles. The van der Waals surface area contributed by atoms with E-state index in [0.29, 0.717) is 5.92 Å². The van der Waals surface area contributed by atoms with Gasteiger partial charge < -0.3 is 15.4 Å². The molecule has 1 unspecified atom stereocenters. The lowest BCUT2D eigenvalue weighted by Gasteiger charge is -2.18. The average molecular weight is 285 g/mol. The van der Waals surface area contributed by atoms with E-state index in [1.54, 1.807) is 14.0 Å². The first kappa shape index (κ1) is 15.8. The minimum Gasteiger partial charge on any atom is -0.497 e. The van der Waals surface area contributed by atoms with Crippen molar-refractivity contribution in [2.75, 3.05) is 20.2 Å². The van der Waals surface area contributed by atoms with Gasteiger partial charge in [-0.15, -0.1) is 12.4 Å². The summed E-state index contributed by atoms with van der Waals surface area (Å²) in [6.07, 6.45) is 1.00. The van der Waals surface area contributed by atoms with E-state index in [2.05, 4.69) is 12.1 Å². The summed E-state index contributed by atoms with van der Waals surface area (Å²) in [4.78, 5) is 13.7. The number of nitrogens with two attached hydrogens (primary N) is 1. The van der Waals surface area contributed by atoms with Crippen LogP contribution in [0.1, 0.15) is 24.8 Å². The van der Waals surface area contributed by atoms with E-state index in [-0.39, 0.29) is 18.3 Å². The first-order valence-corrected chi connectivity index (χ1v) is 6.30. The van der Waals surface area contributed by atoms with Crippen LogP contribution in [0.15, 0.2) is 24.3 Å². The third kappa shape index (κ3) is 3.61. The molecule has 1 amide bonds. The van der Waals surface area contributed by atoms with E-state index in [4.69, 9.17) is 10.5 Å². The minimum absolute atomic E-state index is 0. The van der Waals surface area contributed by atoms with Crippen LogP contribution in [0.5, 0.6) is 5.75 Å². The Kier molecular flexibility index (Phi) is 5.63. The molecule has 0 aromatic heterocycles. The van der Waals surface area contributed by atoms with Crippen LogP contribution in [0.2, 0.25) is 0 Å². The Balaban J connectivity index is 0.00000180. The fraction of sp³-hybridized carbons (Fsp3) is 0.500. The van der Waals surface area contributed by atoms with Crippen molar-refractivity contribution in [2.24, 2.45) is 5.73 Å². The highest BCUT2D eigenvalue weighted by Crippen LogP contribution is 2.28. The highest BCUT2D eigenvalue weighted by atomic mass is 35.5. The van der Waals surface area contributed by atoms with Gasteiger partial charge in [0.25, 0.3) is 0 Å². The Morgan fingerprint density at radius 3 is 2.58 bits per heavy atom. The number of methoxy groups -OCH3 is 1. The van der Waals surface area contributed by atoms with Crippen molar-refractivity contribution in [1.29, 1.82) is 0 Å². The molecule has 0 spiro atoms. The molecular weight excluding hydrogens is 264 g/mol. The molecule has 1 saturated heterocycles. The number of nitrogens with zero attached hydrogens (tertiary/aromatic N) is 1. The molecule has 1 aliphatic rings. The molecule has 2 N–H and O–H groups in total. The Hall–Kier alpha value is -1.26. The number of hydrogen-bond acceptors (Lipinski definition) is 3. The lowest BCUT2D eigenvalue weighted by molar-refractivity contribution is -0.131. The van der Waals surface area contributed by atoms with Crippen molar-refractivity contribution in [1.82, 2.24) is 4.90 Å². The highest BCUT2D eigenvalue weighted by Gasteiger charge is 2.28. The van der Waals surface area contributed by atoms with Gasteiger partial charge in [-0.05, 0) is 31.0 Å². The van der Waals surface area contributed by atoms with Crippen LogP contribution in [0.25, 0.3) is 0 Å². The highest BCUT2D eigenvalue weighted by molar-refractivity contribution is 5.85. The molecule has 1 heterocycles. The van der Waals surface area contributed by atoms with Gasteiger partial charge in [-0.1, -0.05) is 12.1 Å². The van der Waals surface area contributed by atoms with Crippen LogP contribution in [-0.4, -0.2) is 37.0 Å². The number of rotatable bonds is 3. The lowest BCUT2D eigenvalue weighted by Crippen LogP contribution is -2.40. The van der Waals surface area contributed by atoms with Gasteiger partial charge in [0.15, 0.2) is 0 Å². The number of amides is 1. The normalized spacial score (nSPS) is 19.7. The molecule has 1 aliphatic heterocycles. The fourth-order valence-electron chi connectivity index (χ4n) is 2.40.